The fraction of sp³-hybridized carbons (Fsp3) is 1.00. The van der Waals surface area contributed by atoms with Crippen LogP contribution in [0.5, 0.6) is 0 Å². The van der Waals surface area contributed by atoms with E-state index in [-0.39, 0.29) is 19.5 Å². The molecule has 0 N–H and O–H groups in total. The van der Waals surface area contributed by atoms with Crippen LogP contribution in [0.1, 0.15) is 26.7 Å². The van der Waals surface area contributed by atoms with Crippen molar-refractivity contribution in [2.45, 2.75) is 38.8 Å². The quantitative estimate of drug-likeness (QED) is 0.605. The zero-order chi connectivity index (χ0) is 8.27. The molecule has 3 aliphatic heterocycles. The first-order valence-corrected chi connectivity index (χ1v) is 4.73. The van der Waals surface area contributed by atoms with Gasteiger partial charge in [0, 0.05) is 0 Å². The van der Waals surface area contributed by atoms with Crippen molar-refractivity contribution in [1.82, 2.24) is 4.90 Å². The summed E-state index contributed by atoms with van der Waals surface area (Å²) in [6, 6.07) is 1.47. The second kappa shape index (κ2) is 6.07. The van der Waals surface area contributed by atoms with E-state index in [0.717, 1.165) is 12.6 Å². The summed E-state index contributed by atoms with van der Waals surface area (Å²) < 4.78 is 0. The second-order valence-corrected chi connectivity index (χ2v) is 3.19. The first-order valence-electron chi connectivity index (χ1n) is 4.73. The van der Waals surface area contributed by atoms with E-state index in [4.69, 9.17) is 0 Å². The minimum Gasteiger partial charge on any atom is -0.657 e. The summed E-state index contributed by atoms with van der Waals surface area (Å²) in [5.41, 5.74) is 0. The summed E-state index contributed by atoms with van der Waals surface area (Å²) >= 11 is 0. The van der Waals surface area contributed by atoms with Gasteiger partial charge in [0.15, 0.2) is 0 Å². The van der Waals surface area contributed by atoms with Crippen molar-refractivity contribution >= 4 is 0 Å². The monoisotopic (exact) mass is 257 g/mol. The predicted octanol–water partition coefficient (Wildman–Crippen LogP) is 1.86. The van der Waals surface area contributed by atoms with E-state index in [9.17, 15) is 0 Å². The van der Waals surface area contributed by atoms with Crippen LogP contribution in [0.4, 0.5) is 0 Å². The molecule has 12 heavy (non-hydrogen) atoms. The van der Waals surface area contributed by atoms with Gasteiger partial charge in [-0.15, -0.1) is 12.6 Å². The number of fused-ring (bicyclic) bond motifs is 3. The molecule has 0 aromatic rings. The standard InChI is InChI=1S/C7H13N2.C2H6.Ru/c1-9-5-6-2-3-7(9)4-8-6;1-2;/h6-7H,2-5H2,1H3;1-2H3;/q-1;;+1/t6-,7-;;/m0../s1. The van der Waals surface area contributed by atoms with Gasteiger partial charge in [0.2, 0.25) is 0 Å². The van der Waals surface area contributed by atoms with Gasteiger partial charge in [-0.3, -0.25) is 0 Å². The zero-order valence-electron chi connectivity index (χ0n) is 8.23. The van der Waals surface area contributed by atoms with E-state index < -0.39 is 0 Å². The Balaban J connectivity index is 0.000000378. The molecule has 0 saturated carbocycles. The molecular weight excluding hydrogens is 237 g/mol. The zero-order valence-corrected chi connectivity index (χ0v) is 9.97. The molecule has 0 amide bonds. The van der Waals surface area contributed by atoms with Crippen molar-refractivity contribution in [1.29, 1.82) is 0 Å². The maximum absolute atomic E-state index is 4.51. The SMILES string of the molecule is CC.CN1C[C@@H]2CC[C@H]1C[N-]2.[Ru+]. The normalized spacial score (nSPS) is 33.2. The van der Waals surface area contributed by atoms with E-state index >= 15 is 0 Å². The maximum Gasteiger partial charge on any atom is 1.00 e. The molecule has 0 spiro atoms. The van der Waals surface area contributed by atoms with Crippen molar-refractivity contribution in [2.24, 2.45) is 0 Å². The van der Waals surface area contributed by atoms with Crippen molar-refractivity contribution in [2.75, 3.05) is 20.1 Å². The number of rotatable bonds is 0. The fourth-order valence-electron chi connectivity index (χ4n) is 1.83. The van der Waals surface area contributed by atoms with Crippen LogP contribution in [0.2, 0.25) is 0 Å². The Morgan fingerprint density at radius 3 is 2.08 bits per heavy atom. The Hall–Kier alpha value is 0.543. The van der Waals surface area contributed by atoms with Crippen LogP contribution in [0.25, 0.3) is 5.32 Å². The van der Waals surface area contributed by atoms with Crippen LogP contribution in [0.3, 0.4) is 0 Å². The minimum atomic E-state index is 0. The van der Waals surface area contributed by atoms with Gasteiger partial charge < -0.3 is 10.2 Å². The number of hydrogen-bond donors (Lipinski definition) is 0. The van der Waals surface area contributed by atoms with Crippen LogP contribution < -0.4 is 0 Å². The summed E-state index contributed by atoms with van der Waals surface area (Å²) in [6.45, 7) is 6.31. The molecule has 2 bridgehead atoms. The van der Waals surface area contributed by atoms with E-state index in [2.05, 4.69) is 17.3 Å². The molecule has 0 aromatic carbocycles. The average Bonchev–Trinajstić information content (AvgIpc) is 2.10. The van der Waals surface area contributed by atoms with Gasteiger partial charge >= 0.3 is 19.5 Å². The first-order chi connectivity index (χ1) is 5.36. The summed E-state index contributed by atoms with van der Waals surface area (Å²) in [5, 5.41) is 4.51. The van der Waals surface area contributed by atoms with Crippen molar-refractivity contribution in [3.8, 4) is 0 Å². The second-order valence-electron chi connectivity index (χ2n) is 3.19. The van der Waals surface area contributed by atoms with E-state index in [1.165, 1.54) is 19.4 Å². The third-order valence-corrected chi connectivity index (χ3v) is 2.53. The van der Waals surface area contributed by atoms with E-state index in [0.29, 0.717) is 6.04 Å². The molecule has 3 rings (SSSR count). The van der Waals surface area contributed by atoms with Gasteiger partial charge in [-0.2, -0.15) is 0 Å². The summed E-state index contributed by atoms with van der Waals surface area (Å²) in [6.07, 6.45) is 2.72. The average molecular weight is 256 g/mol. The van der Waals surface area contributed by atoms with Crippen molar-refractivity contribution in [3.63, 3.8) is 0 Å². The number of likely N-dealkylation sites (N-methyl/N-ethyl adjacent to an activating group) is 1. The van der Waals surface area contributed by atoms with Crippen molar-refractivity contribution < 1.29 is 19.5 Å². The molecular formula is C9H19N2Ru. The van der Waals surface area contributed by atoms with Gasteiger partial charge in [0.05, 0.1) is 0 Å². The van der Waals surface area contributed by atoms with Gasteiger partial charge in [-0.25, -0.2) is 0 Å². The Morgan fingerprint density at radius 1 is 1.25 bits per heavy atom. The summed E-state index contributed by atoms with van der Waals surface area (Å²) in [5.74, 6) is 0. The largest absolute Gasteiger partial charge is 1.00 e. The minimum absolute atomic E-state index is 0. The third kappa shape index (κ3) is 2.79. The van der Waals surface area contributed by atoms with Crippen molar-refractivity contribution in [3.05, 3.63) is 5.32 Å². The molecule has 1 radical (unpaired) electrons. The Labute approximate surface area is 88.8 Å². The molecule has 3 fully saturated rings. The molecule has 0 aromatic heterocycles. The first kappa shape index (κ1) is 12.5. The number of nitrogens with zero attached hydrogens (tertiary/aromatic N) is 2. The molecule has 73 valence electrons. The number of piperidine rings is 2. The van der Waals surface area contributed by atoms with Gasteiger partial charge in [0.1, 0.15) is 0 Å². The van der Waals surface area contributed by atoms with Gasteiger partial charge in [-0.1, -0.05) is 20.3 Å². The molecule has 3 heteroatoms. The van der Waals surface area contributed by atoms with Crippen LogP contribution in [0, 0.1) is 0 Å². The molecule has 0 unspecified atom stereocenters. The molecule has 0 aliphatic carbocycles. The molecule has 3 heterocycles. The number of hydrogen-bond acceptors (Lipinski definition) is 1. The third-order valence-electron chi connectivity index (χ3n) is 2.53. The van der Waals surface area contributed by atoms with Gasteiger partial charge in [-0.05, 0) is 26.1 Å². The molecule has 3 aliphatic rings. The van der Waals surface area contributed by atoms with Crippen LogP contribution in [0.15, 0.2) is 0 Å². The summed E-state index contributed by atoms with van der Waals surface area (Å²) in [4.78, 5) is 2.45. The molecule has 3 saturated heterocycles. The van der Waals surface area contributed by atoms with E-state index in [1.807, 2.05) is 13.8 Å². The van der Waals surface area contributed by atoms with Crippen LogP contribution in [-0.2, 0) is 19.5 Å². The fourth-order valence-corrected chi connectivity index (χ4v) is 1.83. The predicted molar refractivity (Wildman–Crippen MR) is 49.0 cm³/mol. The van der Waals surface area contributed by atoms with Crippen LogP contribution in [-0.4, -0.2) is 37.1 Å². The Bertz CT molecular complexity index is 111. The van der Waals surface area contributed by atoms with E-state index in [1.54, 1.807) is 0 Å². The smallest absolute Gasteiger partial charge is 0.657 e. The molecule has 2 atom stereocenters. The maximum atomic E-state index is 4.51. The molecule has 2 nitrogen and oxygen atoms in total. The number of piperazine rings is 1. The Kier molecular flexibility index (Phi) is 6.34. The van der Waals surface area contributed by atoms with Gasteiger partial charge in [0.25, 0.3) is 0 Å². The topological polar surface area (TPSA) is 17.3 Å². The van der Waals surface area contributed by atoms with Crippen LogP contribution >= 0.6 is 0 Å². The Morgan fingerprint density at radius 2 is 1.92 bits per heavy atom. The summed E-state index contributed by atoms with van der Waals surface area (Å²) in [7, 11) is 2.21.